The van der Waals surface area contributed by atoms with Gasteiger partial charge in [-0.25, -0.2) is 0 Å². The summed E-state index contributed by atoms with van der Waals surface area (Å²) in [7, 11) is 0. The van der Waals surface area contributed by atoms with Gasteiger partial charge in [-0.15, -0.1) is 0 Å². The normalized spacial score (nSPS) is 18.4. The standard InChI is InChI=1S/C14H23N5O/c1-11(19-7-2-3-8-19)9-16-10-12-5-4-6-17-13(12)14(15)18-20/h4-6,11,16,20H,2-3,7-10H2,1H3,(H2,15,18). The highest BCUT2D eigenvalue weighted by molar-refractivity contribution is 5.96. The molecule has 0 radical (unpaired) electrons. The first-order valence-electron chi connectivity index (χ1n) is 7.09. The molecule has 1 aliphatic rings. The Bertz CT molecular complexity index is 457. The predicted molar refractivity (Wildman–Crippen MR) is 78.7 cm³/mol. The van der Waals surface area contributed by atoms with Crippen LogP contribution < -0.4 is 11.1 Å². The molecule has 2 heterocycles. The van der Waals surface area contributed by atoms with Crippen molar-refractivity contribution in [2.75, 3.05) is 19.6 Å². The predicted octanol–water partition coefficient (Wildman–Crippen LogP) is 0.750. The third-order valence-electron chi connectivity index (χ3n) is 3.76. The van der Waals surface area contributed by atoms with Gasteiger partial charge in [0.05, 0.1) is 0 Å². The Hall–Kier alpha value is -1.66. The summed E-state index contributed by atoms with van der Waals surface area (Å²) in [6.07, 6.45) is 4.25. The second-order valence-electron chi connectivity index (χ2n) is 5.22. The van der Waals surface area contributed by atoms with E-state index in [9.17, 15) is 0 Å². The molecule has 1 fully saturated rings. The van der Waals surface area contributed by atoms with Crippen molar-refractivity contribution in [3.8, 4) is 0 Å². The lowest BCUT2D eigenvalue weighted by molar-refractivity contribution is 0.251. The zero-order chi connectivity index (χ0) is 14.4. The first kappa shape index (κ1) is 14.7. The fourth-order valence-electron chi connectivity index (χ4n) is 2.59. The van der Waals surface area contributed by atoms with Gasteiger partial charge in [-0.3, -0.25) is 9.88 Å². The van der Waals surface area contributed by atoms with E-state index in [-0.39, 0.29) is 5.84 Å². The first-order chi connectivity index (χ1) is 9.72. The summed E-state index contributed by atoms with van der Waals surface area (Å²) in [6, 6.07) is 4.32. The third-order valence-corrected chi connectivity index (χ3v) is 3.76. The van der Waals surface area contributed by atoms with Gasteiger partial charge in [0.1, 0.15) is 5.69 Å². The summed E-state index contributed by atoms with van der Waals surface area (Å²) in [5.41, 5.74) is 7.11. The Kier molecular flexibility index (Phi) is 5.31. The molecule has 1 unspecified atom stereocenters. The van der Waals surface area contributed by atoms with E-state index >= 15 is 0 Å². The zero-order valence-electron chi connectivity index (χ0n) is 11.9. The van der Waals surface area contributed by atoms with Crippen LogP contribution in [-0.2, 0) is 6.54 Å². The Balaban J connectivity index is 1.87. The number of hydrogen-bond acceptors (Lipinski definition) is 5. The summed E-state index contributed by atoms with van der Waals surface area (Å²) in [5.74, 6) is 0.0509. The van der Waals surface area contributed by atoms with Gasteiger partial charge in [0.25, 0.3) is 0 Å². The fourth-order valence-corrected chi connectivity index (χ4v) is 2.59. The van der Waals surface area contributed by atoms with Crippen LogP contribution in [0.3, 0.4) is 0 Å². The van der Waals surface area contributed by atoms with Gasteiger partial charge >= 0.3 is 0 Å². The highest BCUT2D eigenvalue weighted by Gasteiger charge is 2.17. The van der Waals surface area contributed by atoms with Crippen molar-refractivity contribution in [1.29, 1.82) is 0 Å². The van der Waals surface area contributed by atoms with Gasteiger partial charge in [-0.05, 0) is 44.5 Å². The molecule has 1 aromatic rings. The maximum atomic E-state index is 8.77. The van der Waals surface area contributed by atoms with Crippen molar-refractivity contribution < 1.29 is 5.21 Å². The maximum Gasteiger partial charge on any atom is 0.189 e. The second-order valence-corrected chi connectivity index (χ2v) is 5.22. The lowest BCUT2D eigenvalue weighted by atomic mass is 10.1. The minimum absolute atomic E-state index is 0.0509. The molecule has 0 bridgehead atoms. The van der Waals surface area contributed by atoms with Gasteiger partial charge < -0.3 is 16.3 Å². The highest BCUT2D eigenvalue weighted by Crippen LogP contribution is 2.11. The zero-order valence-corrected chi connectivity index (χ0v) is 11.9. The van der Waals surface area contributed by atoms with Crippen LogP contribution in [0.25, 0.3) is 0 Å². The van der Waals surface area contributed by atoms with Crippen molar-refractivity contribution in [3.05, 3.63) is 29.6 Å². The minimum Gasteiger partial charge on any atom is -0.409 e. The van der Waals surface area contributed by atoms with E-state index < -0.39 is 0 Å². The number of nitrogens with one attached hydrogen (secondary N) is 1. The molecule has 20 heavy (non-hydrogen) atoms. The number of nitrogens with zero attached hydrogens (tertiary/aromatic N) is 3. The number of amidine groups is 1. The van der Waals surface area contributed by atoms with E-state index in [0.29, 0.717) is 18.3 Å². The number of aromatic nitrogens is 1. The van der Waals surface area contributed by atoms with E-state index in [4.69, 9.17) is 10.9 Å². The van der Waals surface area contributed by atoms with Crippen LogP contribution in [0.15, 0.2) is 23.5 Å². The molecule has 1 saturated heterocycles. The van der Waals surface area contributed by atoms with Crippen molar-refractivity contribution >= 4 is 5.84 Å². The Morgan fingerprint density at radius 3 is 3.00 bits per heavy atom. The lowest BCUT2D eigenvalue weighted by Gasteiger charge is -2.24. The molecule has 1 aliphatic heterocycles. The van der Waals surface area contributed by atoms with Crippen molar-refractivity contribution in [3.63, 3.8) is 0 Å². The van der Waals surface area contributed by atoms with E-state index in [1.54, 1.807) is 6.20 Å². The van der Waals surface area contributed by atoms with Crippen LogP contribution in [-0.4, -0.2) is 46.6 Å². The van der Waals surface area contributed by atoms with E-state index in [1.165, 1.54) is 25.9 Å². The van der Waals surface area contributed by atoms with Gasteiger partial charge in [-0.1, -0.05) is 11.2 Å². The molecular formula is C14H23N5O. The van der Waals surface area contributed by atoms with Gasteiger partial charge in [0.15, 0.2) is 5.84 Å². The Labute approximate surface area is 119 Å². The number of rotatable bonds is 6. The smallest absolute Gasteiger partial charge is 0.189 e. The molecule has 6 nitrogen and oxygen atoms in total. The van der Waals surface area contributed by atoms with Crippen molar-refractivity contribution in [1.82, 2.24) is 15.2 Å². The van der Waals surface area contributed by atoms with Crippen molar-refractivity contribution in [2.45, 2.75) is 32.4 Å². The topological polar surface area (TPSA) is 86.8 Å². The summed E-state index contributed by atoms with van der Waals surface area (Å²) in [5, 5.41) is 15.2. The number of oxime groups is 1. The van der Waals surface area contributed by atoms with E-state index in [2.05, 4.69) is 27.3 Å². The lowest BCUT2D eigenvalue weighted by Crippen LogP contribution is -2.38. The van der Waals surface area contributed by atoms with Crippen LogP contribution in [0.2, 0.25) is 0 Å². The Morgan fingerprint density at radius 2 is 2.30 bits per heavy atom. The number of pyridine rings is 1. The highest BCUT2D eigenvalue weighted by atomic mass is 16.4. The molecule has 0 aliphatic carbocycles. The molecule has 1 aromatic heterocycles. The summed E-state index contributed by atoms with van der Waals surface area (Å²) < 4.78 is 0. The molecule has 1 atom stereocenters. The molecular weight excluding hydrogens is 254 g/mol. The van der Waals surface area contributed by atoms with E-state index in [1.807, 2.05) is 12.1 Å². The summed E-state index contributed by atoms with van der Waals surface area (Å²) in [6.45, 7) is 6.23. The van der Waals surface area contributed by atoms with E-state index in [0.717, 1.165) is 12.1 Å². The van der Waals surface area contributed by atoms with Gasteiger partial charge in [0.2, 0.25) is 0 Å². The average Bonchev–Trinajstić information content (AvgIpc) is 3.01. The van der Waals surface area contributed by atoms with Crippen LogP contribution in [0.4, 0.5) is 0 Å². The minimum atomic E-state index is 0.0509. The average molecular weight is 277 g/mol. The van der Waals surface area contributed by atoms with Gasteiger partial charge in [-0.2, -0.15) is 0 Å². The van der Waals surface area contributed by atoms with Crippen LogP contribution in [0.5, 0.6) is 0 Å². The van der Waals surface area contributed by atoms with Crippen LogP contribution >= 0.6 is 0 Å². The number of hydrogen-bond donors (Lipinski definition) is 3. The first-order valence-corrected chi connectivity index (χ1v) is 7.09. The molecule has 0 saturated carbocycles. The van der Waals surface area contributed by atoms with Crippen LogP contribution in [0, 0.1) is 0 Å². The molecule has 4 N–H and O–H groups in total. The largest absolute Gasteiger partial charge is 0.409 e. The van der Waals surface area contributed by atoms with Crippen LogP contribution in [0.1, 0.15) is 31.0 Å². The third kappa shape index (κ3) is 3.68. The SMILES string of the molecule is CC(CNCc1cccnc1/C(N)=N/O)N1CCCC1. The number of nitrogens with two attached hydrogens (primary N) is 1. The summed E-state index contributed by atoms with van der Waals surface area (Å²) >= 11 is 0. The molecule has 2 rings (SSSR count). The van der Waals surface area contributed by atoms with Crippen molar-refractivity contribution in [2.24, 2.45) is 10.9 Å². The summed E-state index contributed by atoms with van der Waals surface area (Å²) in [4.78, 5) is 6.66. The molecule has 0 amide bonds. The number of likely N-dealkylation sites (tertiary alicyclic amines) is 1. The monoisotopic (exact) mass is 277 g/mol. The van der Waals surface area contributed by atoms with Gasteiger partial charge in [0, 0.05) is 25.3 Å². The quantitative estimate of drug-likeness (QED) is 0.309. The molecule has 0 spiro atoms. The fraction of sp³-hybridized carbons (Fsp3) is 0.571. The second kappa shape index (κ2) is 7.21. The maximum absolute atomic E-state index is 8.77. The Morgan fingerprint density at radius 1 is 1.55 bits per heavy atom. The molecule has 0 aromatic carbocycles. The molecule has 6 heteroatoms. The molecule has 110 valence electrons.